The van der Waals surface area contributed by atoms with Gasteiger partial charge in [0.25, 0.3) is 11.8 Å². The molecule has 0 aliphatic rings. The molecule has 2 atom stereocenters. The Morgan fingerprint density at radius 1 is 1.02 bits per heavy atom. The third-order valence-electron chi connectivity index (χ3n) is 7.36. The minimum atomic E-state index is -0.858. The maximum absolute atomic E-state index is 13.6. The van der Waals surface area contributed by atoms with Crippen LogP contribution in [0, 0.1) is 13.8 Å². The molecule has 0 fully saturated rings. The first kappa shape index (κ1) is 32.0. The molecule has 4 aromatic rings. The van der Waals surface area contributed by atoms with Gasteiger partial charge in [0, 0.05) is 54.7 Å². The van der Waals surface area contributed by atoms with E-state index in [-0.39, 0.29) is 18.4 Å². The molecule has 0 bridgehead atoms. The summed E-state index contributed by atoms with van der Waals surface area (Å²) in [5.41, 5.74) is 5.69. The van der Waals surface area contributed by atoms with Gasteiger partial charge in [0.1, 0.15) is 5.01 Å². The minimum absolute atomic E-state index is 0.192. The highest BCUT2D eigenvalue weighted by molar-refractivity contribution is 7.09. The highest BCUT2D eigenvalue weighted by atomic mass is 32.1. The average molecular weight is 600 g/mol. The van der Waals surface area contributed by atoms with Crippen molar-refractivity contribution in [3.8, 4) is 0 Å². The van der Waals surface area contributed by atoms with Crippen LogP contribution in [0.5, 0.6) is 0 Å². The lowest BCUT2D eigenvalue weighted by molar-refractivity contribution is 0.0784. The van der Waals surface area contributed by atoms with Gasteiger partial charge in [-0.1, -0.05) is 56.3 Å². The van der Waals surface area contributed by atoms with Crippen LogP contribution >= 0.6 is 11.3 Å². The fraction of sp³-hybridized carbons (Fsp3) is 0.353. The summed E-state index contributed by atoms with van der Waals surface area (Å²) >= 11 is 1.52. The molecule has 3 N–H and O–H groups in total. The molecule has 2 aromatic heterocycles. The monoisotopic (exact) mass is 599 g/mol. The van der Waals surface area contributed by atoms with Crippen LogP contribution in [0.1, 0.15) is 73.4 Å². The van der Waals surface area contributed by atoms with E-state index >= 15 is 0 Å². The first-order valence-electron chi connectivity index (χ1n) is 14.5. The van der Waals surface area contributed by atoms with Crippen LogP contribution in [0.2, 0.25) is 0 Å². The molecule has 0 spiro atoms. The van der Waals surface area contributed by atoms with Crippen LogP contribution in [0.15, 0.2) is 72.4 Å². The highest BCUT2D eigenvalue weighted by Gasteiger charge is 2.24. The summed E-state index contributed by atoms with van der Waals surface area (Å²) in [6.07, 6.45) is 3.29. The Hall–Kier alpha value is -3.92. The van der Waals surface area contributed by atoms with E-state index in [1.807, 2.05) is 62.0 Å². The SMILES string of the molecule is Cc1csc(CN(C)C(=O)c2ccc(C)c(C(=O)N[C@@H](Cc3ccccc3)[C@H](O)CNCc3cncc(C(C)C)c3)c2)n1. The maximum atomic E-state index is 13.6. The summed E-state index contributed by atoms with van der Waals surface area (Å²) < 4.78 is 0. The lowest BCUT2D eigenvalue weighted by Crippen LogP contribution is -2.48. The molecule has 8 nitrogen and oxygen atoms in total. The lowest BCUT2D eigenvalue weighted by Gasteiger charge is -2.25. The number of nitrogens with one attached hydrogen (secondary N) is 2. The summed E-state index contributed by atoms with van der Waals surface area (Å²) in [6.45, 7) is 9.25. The number of hydrogen-bond acceptors (Lipinski definition) is 7. The molecule has 0 aliphatic heterocycles. The molecule has 2 heterocycles. The Kier molecular flexibility index (Phi) is 11.2. The predicted molar refractivity (Wildman–Crippen MR) is 171 cm³/mol. The normalized spacial score (nSPS) is 12.6. The van der Waals surface area contributed by atoms with Crippen molar-refractivity contribution in [1.29, 1.82) is 0 Å². The van der Waals surface area contributed by atoms with Gasteiger partial charge in [0.05, 0.1) is 18.7 Å². The smallest absolute Gasteiger partial charge is 0.253 e. The summed E-state index contributed by atoms with van der Waals surface area (Å²) in [5, 5.41) is 20.4. The molecule has 0 saturated carbocycles. The van der Waals surface area contributed by atoms with E-state index < -0.39 is 12.1 Å². The molecule has 0 radical (unpaired) electrons. The van der Waals surface area contributed by atoms with Gasteiger partial charge in [-0.2, -0.15) is 0 Å². The number of thiazole rings is 1. The van der Waals surface area contributed by atoms with Gasteiger partial charge in [0.15, 0.2) is 0 Å². The summed E-state index contributed by atoms with van der Waals surface area (Å²) in [6, 6.07) is 16.5. The molecular formula is C34H41N5O3S. The van der Waals surface area contributed by atoms with Gasteiger partial charge in [-0.25, -0.2) is 4.98 Å². The third-order valence-corrected chi connectivity index (χ3v) is 8.31. The van der Waals surface area contributed by atoms with Crippen molar-refractivity contribution in [3.05, 3.63) is 116 Å². The van der Waals surface area contributed by atoms with Crippen molar-refractivity contribution in [2.45, 2.75) is 65.3 Å². The average Bonchev–Trinajstić information content (AvgIpc) is 3.41. The van der Waals surface area contributed by atoms with E-state index in [9.17, 15) is 14.7 Å². The van der Waals surface area contributed by atoms with Crippen LogP contribution < -0.4 is 10.6 Å². The van der Waals surface area contributed by atoms with E-state index in [1.54, 1.807) is 30.1 Å². The summed E-state index contributed by atoms with van der Waals surface area (Å²) in [5.74, 6) is -0.148. The number of rotatable bonds is 13. The topological polar surface area (TPSA) is 107 Å². The van der Waals surface area contributed by atoms with E-state index in [2.05, 4.69) is 40.5 Å². The number of carbonyl (C=O) groups is 2. The first-order chi connectivity index (χ1) is 20.6. The maximum Gasteiger partial charge on any atom is 0.253 e. The van der Waals surface area contributed by atoms with Gasteiger partial charge >= 0.3 is 0 Å². The second kappa shape index (κ2) is 15.0. The largest absolute Gasteiger partial charge is 0.390 e. The number of hydrogen-bond donors (Lipinski definition) is 3. The number of carbonyl (C=O) groups excluding carboxylic acids is 2. The van der Waals surface area contributed by atoms with Gasteiger partial charge in [-0.15, -0.1) is 11.3 Å². The van der Waals surface area contributed by atoms with Gasteiger partial charge in [-0.3, -0.25) is 14.6 Å². The van der Waals surface area contributed by atoms with Crippen LogP contribution in [0.3, 0.4) is 0 Å². The molecule has 2 aromatic carbocycles. The standard InChI is InChI=1S/C34H41N5O3S/c1-22(2)28-13-26(16-35-18-28)17-36-19-31(40)30(14-25-9-7-6-8-10-25)38-33(41)29-15-27(12-11-23(29)3)34(42)39(5)20-32-37-24(4)21-43-32/h6-13,15-16,18,21-22,30-31,36,40H,14,17,19-20H2,1-5H3,(H,38,41)/t30-,31+/m0/s1. The van der Waals surface area contributed by atoms with Crippen LogP contribution in [-0.2, 0) is 19.5 Å². The molecule has 0 unspecified atom stereocenters. The van der Waals surface area contributed by atoms with E-state index in [0.29, 0.717) is 36.6 Å². The Labute approximate surface area is 258 Å². The lowest BCUT2D eigenvalue weighted by atomic mass is 9.99. The van der Waals surface area contributed by atoms with Crippen LogP contribution in [0.25, 0.3) is 0 Å². The molecule has 2 amide bonds. The van der Waals surface area contributed by atoms with Crippen molar-refractivity contribution in [3.63, 3.8) is 0 Å². The van der Waals surface area contributed by atoms with Crippen LogP contribution in [0.4, 0.5) is 0 Å². The van der Waals surface area contributed by atoms with Gasteiger partial charge < -0.3 is 20.6 Å². The number of aryl methyl sites for hydroxylation is 2. The molecule has 4 rings (SSSR count). The van der Waals surface area contributed by atoms with Crippen LogP contribution in [-0.4, -0.2) is 57.5 Å². The molecule has 43 heavy (non-hydrogen) atoms. The fourth-order valence-corrected chi connectivity index (χ4v) is 5.62. The molecular weight excluding hydrogens is 558 g/mol. The van der Waals surface area contributed by atoms with Crippen molar-refractivity contribution in [1.82, 2.24) is 25.5 Å². The van der Waals surface area contributed by atoms with E-state index in [1.165, 1.54) is 11.3 Å². The number of aliphatic hydroxyl groups excluding tert-OH is 1. The highest BCUT2D eigenvalue weighted by Crippen LogP contribution is 2.18. The molecule has 9 heteroatoms. The first-order valence-corrected chi connectivity index (χ1v) is 15.4. The zero-order valence-electron chi connectivity index (χ0n) is 25.5. The van der Waals surface area contributed by atoms with Gasteiger partial charge in [-0.05, 0) is 60.6 Å². The zero-order valence-corrected chi connectivity index (χ0v) is 26.3. The summed E-state index contributed by atoms with van der Waals surface area (Å²) in [7, 11) is 1.73. The number of amides is 2. The van der Waals surface area contributed by atoms with Crippen molar-refractivity contribution < 1.29 is 14.7 Å². The van der Waals surface area contributed by atoms with Crippen molar-refractivity contribution in [2.24, 2.45) is 0 Å². The third kappa shape index (κ3) is 9.03. The van der Waals surface area contributed by atoms with Crippen molar-refractivity contribution in [2.75, 3.05) is 13.6 Å². The fourth-order valence-electron chi connectivity index (χ4n) is 4.79. The van der Waals surface area contributed by atoms with Crippen molar-refractivity contribution >= 4 is 23.2 Å². The Morgan fingerprint density at radius 2 is 1.79 bits per heavy atom. The molecule has 226 valence electrons. The quantitative estimate of drug-likeness (QED) is 0.199. The Balaban J connectivity index is 1.46. The zero-order chi connectivity index (χ0) is 30.9. The molecule has 0 aliphatic carbocycles. The predicted octanol–water partition coefficient (Wildman–Crippen LogP) is 5.04. The van der Waals surface area contributed by atoms with E-state index in [4.69, 9.17) is 0 Å². The van der Waals surface area contributed by atoms with E-state index in [0.717, 1.165) is 33.0 Å². The Bertz CT molecular complexity index is 1520. The molecule has 0 saturated heterocycles. The number of aromatic nitrogens is 2. The summed E-state index contributed by atoms with van der Waals surface area (Å²) in [4.78, 5) is 37.2. The Morgan fingerprint density at radius 3 is 2.49 bits per heavy atom. The second-order valence-corrected chi connectivity index (χ2v) is 12.3. The number of pyridine rings is 1. The second-order valence-electron chi connectivity index (χ2n) is 11.3. The minimum Gasteiger partial charge on any atom is -0.390 e. The van der Waals surface area contributed by atoms with Gasteiger partial charge in [0.2, 0.25) is 0 Å². The number of benzene rings is 2. The number of nitrogens with zero attached hydrogens (tertiary/aromatic N) is 3. The number of aliphatic hydroxyl groups is 1.